The van der Waals surface area contributed by atoms with E-state index in [0.717, 1.165) is 35.7 Å². The lowest BCUT2D eigenvalue weighted by Crippen LogP contribution is -2.29. The number of hydrogen-bond acceptors (Lipinski definition) is 8. The molecular formula is C17H22BrN7O2. The summed E-state index contributed by atoms with van der Waals surface area (Å²) in [5, 5.41) is 17.5. The Hall–Kier alpha value is -2.33. The summed E-state index contributed by atoms with van der Waals surface area (Å²) in [4.78, 5) is 23.3. The monoisotopic (exact) mass is 435 g/mol. The molecule has 9 nitrogen and oxygen atoms in total. The number of rotatable bonds is 7. The van der Waals surface area contributed by atoms with Gasteiger partial charge in [0.15, 0.2) is 0 Å². The Labute approximate surface area is 165 Å². The Morgan fingerprint density at radius 2 is 2.00 bits per heavy atom. The molecular weight excluding hydrogens is 414 g/mol. The van der Waals surface area contributed by atoms with Crippen LogP contribution in [0.2, 0.25) is 0 Å². The Morgan fingerprint density at radius 3 is 2.70 bits per heavy atom. The van der Waals surface area contributed by atoms with Crippen molar-refractivity contribution in [2.24, 2.45) is 11.7 Å². The van der Waals surface area contributed by atoms with Gasteiger partial charge < -0.3 is 16.4 Å². The van der Waals surface area contributed by atoms with E-state index in [1.807, 2.05) is 6.07 Å². The molecule has 0 atom stereocenters. The largest absolute Gasteiger partial charge is 0.364 e. The van der Waals surface area contributed by atoms with Crippen molar-refractivity contribution in [3.63, 3.8) is 0 Å². The molecule has 0 spiro atoms. The maximum atomic E-state index is 11.3. The van der Waals surface area contributed by atoms with Crippen molar-refractivity contribution in [1.29, 1.82) is 0 Å². The van der Waals surface area contributed by atoms with Crippen molar-refractivity contribution in [3.05, 3.63) is 44.8 Å². The van der Waals surface area contributed by atoms with Gasteiger partial charge in [0.1, 0.15) is 6.20 Å². The smallest absolute Gasteiger partial charge is 0.329 e. The molecule has 27 heavy (non-hydrogen) atoms. The van der Waals surface area contributed by atoms with Crippen molar-refractivity contribution < 1.29 is 4.92 Å². The predicted octanol–water partition coefficient (Wildman–Crippen LogP) is 3.08. The van der Waals surface area contributed by atoms with Crippen LogP contribution in [0.15, 0.2) is 29.1 Å². The van der Waals surface area contributed by atoms with Gasteiger partial charge in [0.25, 0.3) is 0 Å². The third kappa shape index (κ3) is 5.57. The highest BCUT2D eigenvalue weighted by Crippen LogP contribution is 2.26. The maximum absolute atomic E-state index is 11.3. The lowest BCUT2D eigenvalue weighted by Gasteiger charge is -2.26. The average molecular weight is 436 g/mol. The second-order valence-electron chi connectivity index (χ2n) is 6.71. The minimum atomic E-state index is -0.471. The van der Waals surface area contributed by atoms with E-state index in [2.05, 4.69) is 41.5 Å². The second-order valence-corrected chi connectivity index (χ2v) is 7.63. The number of aromatic nitrogens is 3. The third-order valence-corrected chi connectivity index (χ3v) is 5.06. The molecule has 0 bridgehead atoms. The van der Waals surface area contributed by atoms with Gasteiger partial charge >= 0.3 is 5.69 Å². The zero-order chi connectivity index (χ0) is 19.2. The molecule has 2 aromatic heterocycles. The Morgan fingerprint density at radius 1 is 1.22 bits per heavy atom. The summed E-state index contributed by atoms with van der Waals surface area (Å²) < 4.78 is 0.876. The lowest BCUT2D eigenvalue weighted by molar-refractivity contribution is -0.384. The average Bonchev–Trinajstić information content (AvgIpc) is 2.66. The first-order valence-electron chi connectivity index (χ1n) is 8.85. The van der Waals surface area contributed by atoms with Crippen molar-refractivity contribution >= 4 is 33.4 Å². The van der Waals surface area contributed by atoms with Gasteiger partial charge in [0.2, 0.25) is 11.8 Å². The van der Waals surface area contributed by atoms with Crippen LogP contribution in [0.25, 0.3) is 0 Å². The topological polar surface area (TPSA) is 132 Å². The van der Waals surface area contributed by atoms with Gasteiger partial charge in [0, 0.05) is 36.0 Å². The van der Waals surface area contributed by atoms with Crippen LogP contribution in [-0.2, 0) is 6.54 Å². The minimum absolute atomic E-state index is 0.128. The third-order valence-electron chi connectivity index (χ3n) is 4.63. The normalized spacial score (nSPS) is 19.5. The van der Waals surface area contributed by atoms with Crippen molar-refractivity contribution in [2.45, 2.75) is 38.3 Å². The van der Waals surface area contributed by atoms with Crippen LogP contribution in [0.5, 0.6) is 0 Å². The Balaban J connectivity index is 1.65. The quantitative estimate of drug-likeness (QED) is 0.446. The van der Waals surface area contributed by atoms with Gasteiger partial charge in [-0.05, 0) is 59.2 Å². The standard InChI is InChI=1S/C17H22BrN7O2/c18-13-5-12(6-20-9-13)8-22-17-23-10-15(25(26)27)16(24-17)21-7-11-1-3-14(19)4-2-11/h5-6,9-11,14H,1-4,7-8,19H2,(H2,21,22,23,24). The van der Waals surface area contributed by atoms with E-state index in [9.17, 15) is 10.1 Å². The summed E-state index contributed by atoms with van der Waals surface area (Å²) in [6, 6.07) is 2.20. The number of nitrogens with two attached hydrogens (primary N) is 1. The number of halogens is 1. The molecule has 3 rings (SSSR count). The zero-order valence-electron chi connectivity index (χ0n) is 14.8. The van der Waals surface area contributed by atoms with Crippen molar-refractivity contribution in [3.8, 4) is 0 Å². The van der Waals surface area contributed by atoms with Crippen LogP contribution in [0, 0.1) is 16.0 Å². The Bertz CT molecular complexity index is 797. The number of pyridine rings is 1. The highest BCUT2D eigenvalue weighted by Gasteiger charge is 2.21. The number of anilines is 2. The Kier molecular flexibility index (Phi) is 6.51. The molecule has 4 N–H and O–H groups in total. The van der Waals surface area contributed by atoms with Gasteiger partial charge in [-0.25, -0.2) is 4.98 Å². The van der Waals surface area contributed by atoms with Crippen LogP contribution in [0.1, 0.15) is 31.2 Å². The fourth-order valence-corrected chi connectivity index (χ4v) is 3.50. The lowest BCUT2D eigenvalue weighted by atomic mass is 9.86. The van der Waals surface area contributed by atoms with Gasteiger partial charge in [-0.1, -0.05) is 0 Å². The first kappa shape index (κ1) is 19.4. The van der Waals surface area contributed by atoms with E-state index in [1.165, 1.54) is 6.20 Å². The molecule has 0 radical (unpaired) electrons. The van der Waals surface area contributed by atoms with Crippen molar-refractivity contribution in [1.82, 2.24) is 15.0 Å². The van der Waals surface area contributed by atoms with Gasteiger partial charge in [-0.3, -0.25) is 15.1 Å². The van der Waals surface area contributed by atoms with Crippen LogP contribution in [0.4, 0.5) is 17.5 Å². The molecule has 1 aliphatic carbocycles. The van der Waals surface area contributed by atoms with Gasteiger partial charge in [-0.2, -0.15) is 4.98 Å². The van der Waals surface area contributed by atoms with E-state index in [0.29, 0.717) is 25.0 Å². The zero-order valence-corrected chi connectivity index (χ0v) is 16.4. The van der Waals surface area contributed by atoms with E-state index in [-0.39, 0.29) is 17.5 Å². The van der Waals surface area contributed by atoms with Crippen LogP contribution in [-0.4, -0.2) is 32.5 Å². The number of nitro groups is 1. The second kappa shape index (κ2) is 9.05. The molecule has 0 aromatic carbocycles. The highest BCUT2D eigenvalue weighted by atomic mass is 79.9. The minimum Gasteiger partial charge on any atom is -0.364 e. The summed E-state index contributed by atoms with van der Waals surface area (Å²) in [5.41, 5.74) is 6.75. The van der Waals surface area contributed by atoms with E-state index >= 15 is 0 Å². The molecule has 2 aromatic rings. The highest BCUT2D eigenvalue weighted by molar-refractivity contribution is 9.10. The van der Waals surface area contributed by atoms with Crippen molar-refractivity contribution in [2.75, 3.05) is 17.2 Å². The fraction of sp³-hybridized carbons (Fsp3) is 0.471. The molecule has 0 aliphatic heterocycles. The first-order valence-corrected chi connectivity index (χ1v) is 9.64. The molecule has 2 heterocycles. The first-order chi connectivity index (χ1) is 13.0. The SMILES string of the molecule is NC1CCC(CNc2nc(NCc3cncc(Br)c3)ncc2[N+](=O)[O-])CC1. The molecule has 0 amide bonds. The van der Waals surface area contributed by atoms with Crippen LogP contribution in [0.3, 0.4) is 0 Å². The predicted molar refractivity (Wildman–Crippen MR) is 106 cm³/mol. The van der Waals surface area contributed by atoms with Crippen LogP contribution >= 0.6 is 15.9 Å². The van der Waals surface area contributed by atoms with E-state index in [1.54, 1.807) is 12.4 Å². The number of nitrogens with one attached hydrogen (secondary N) is 2. The van der Waals surface area contributed by atoms with E-state index < -0.39 is 4.92 Å². The molecule has 1 aliphatic rings. The summed E-state index contributed by atoms with van der Waals surface area (Å²) in [7, 11) is 0. The number of hydrogen-bond donors (Lipinski definition) is 3. The summed E-state index contributed by atoms with van der Waals surface area (Å²) in [5.74, 6) is 1.01. The maximum Gasteiger partial charge on any atom is 0.329 e. The molecule has 1 saturated carbocycles. The molecule has 0 unspecified atom stereocenters. The summed E-state index contributed by atoms with van der Waals surface area (Å²) >= 11 is 3.37. The van der Waals surface area contributed by atoms with Gasteiger partial charge in [-0.15, -0.1) is 0 Å². The van der Waals surface area contributed by atoms with Crippen LogP contribution < -0.4 is 16.4 Å². The molecule has 10 heteroatoms. The summed E-state index contributed by atoms with van der Waals surface area (Å²) in [6.07, 6.45) is 8.69. The molecule has 1 fully saturated rings. The molecule has 0 saturated heterocycles. The molecule has 144 valence electrons. The van der Waals surface area contributed by atoms with Gasteiger partial charge in [0.05, 0.1) is 4.92 Å². The fourth-order valence-electron chi connectivity index (χ4n) is 3.09. The van der Waals surface area contributed by atoms with E-state index in [4.69, 9.17) is 5.73 Å². The summed E-state index contributed by atoms with van der Waals surface area (Å²) in [6.45, 7) is 1.10. The number of nitrogens with zero attached hydrogens (tertiary/aromatic N) is 4.